The molecule has 0 aromatic carbocycles. The van der Waals surface area contributed by atoms with Gasteiger partial charge in [-0.15, -0.1) is 18.3 Å². The molecule has 2 unspecified atom stereocenters. The van der Waals surface area contributed by atoms with Crippen LogP contribution in [-0.4, -0.2) is 34.2 Å². The van der Waals surface area contributed by atoms with E-state index in [4.69, 9.17) is 0 Å². The number of hydrogen-bond donors (Lipinski definition) is 2. The number of nitrogens with one attached hydrogen (secondary N) is 1. The summed E-state index contributed by atoms with van der Waals surface area (Å²) in [6.07, 6.45) is 9.34. The third kappa shape index (κ3) is 2.97. The zero-order chi connectivity index (χ0) is 14.2. The lowest BCUT2D eigenvalue weighted by atomic mass is 9.96. The van der Waals surface area contributed by atoms with Gasteiger partial charge >= 0.3 is 0 Å². The first kappa shape index (κ1) is 14.6. The summed E-state index contributed by atoms with van der Waals surface area (Å²) in [5.41, 5.74) is 1.34. The predicted octanol–water partition coefficient (Wildman–Crippen LogP) is 2.95. The predicted molar refractivity (Wildman–Crippen MR) is 86.1 cm³/mol. The molecule has 0 aromatic heterocycles. The van der Waals surface area contributed by atoms with E-state index in [1.165, 1.54) is 25.7 Å². The monoisotopic (exact) mass is 294 g/mol. The van der Waals surface area contributed by atoms with Gasteiger partial charge < -0.3 is 5.11 Å². The second-order valence-corrected chi connectivity index (χ2v) is 8.36. The highest BCUT2D eigenvalue weighted by Gasteiger charge is 2.42. The maximum absolute atomic E-state index is 9.34. The molecule has 20 heavy (non-hydrogen) atoms. The molecule has 1 heterocycles. The minimum atomic E-state index is -0.0458. The highest BCUT2D eigenvalue weighted by Crippen LogP contribution is 2.46. The van der Waals surface area contributed by atoms with Crippen LogP contribution < -0.4 is 5.32 Å². The van der Waals surface area contributed by atoms with Crippen molar-refractivity contribution in [2.24, 2.45) is 16.8 Å². The molecule has 0 amide bonds. The van der Waals surface area contributed by atoms with E-state index in [-0.39, 0.29) is 16.9 Å². The minimum absolute atomic E-state index is 0.0458. The second-order valence-electron chi connectivity index (χ2n) is 6.87. The number of aliphatic hydroxyl groups is 1. The molecule has 3 aliphatic rings. The Morgan fingerprint density at radius 1 is 1.50 bits per heavy atom. The first-order valence-electron chi connectivity index (χ1n) is 7.84. The molecule has 0 saturated heterocycles. The van der Waals surface area contributed by atoms with Crippen molar-refractivity contribution in [3.8, 4) is 0 Å². The van der Waals surface area contributed by atoms with Crippen LogP contribution >= 0.6 is 11.8 Å². The summed E-state index contributed by atoms with van der Waals surface area (Å²) in [5.74, 6) is 1.84. The fourth-order valence-corrected chi connectivity index (χ4v) is 5.66. The minimum Gasteiger partial charge on any atom is -0.396 e. The van der Waals surface area contributed by atoms with Gasteiger partial charge in [-0.1, -0.05) is 12.0 Å². The average molecular weight is 294 g/mol. The SMILES string of the molecule is C=C(C)CC1(CCO)C=NC(N[C@H]2C[C@@H]3CC[C@H]2C3)S1. The van der Waals surface area contributed by atoms with Crippen molar-refractivity contribution >= 4 is 18.0 Å². The Hall–Kier alpha value is -0.320. The molecule has 2 N–H and O–H groups in total. The molecule has 5 atom stereocenters. The standard InChI is InChI=1S/C16H26N2OS/c1-11(2)9-16(5-6-19)10-17-15(20-16)18-14-8-12-3-4-13(14)7-12/h10,12-15,18-19H,1,3-9H2,2H3/t12-,13+,14+,15?,16?/m1/s1. The number of aliphatic imine (C=N–C) groups is 1. The topological polar surface area (TPSA) is 44.6 Å². The van der Waals surface area contributed by atoms with Crippen LogP contribution in [0.4, 0.5) is 0 Å². The Morgan fingerprint density at radius 3 is 2.95 bits per heavy atom. The summed E-state index contributed by atoms with van der Waals surface area (Å²) in [6, 6.07) is 0.665. The maximum Gasteiger partial charge on any atom is 0.147 e. The lowest BCUT2D eigenvalue weighted by molar-refractivity contribution is 0.280. The van der Waals surface area contributed by atoms with E-state index in [0.29, 0.717) is 6.04 Å². The third-order valence-corrected chi connectivity index (χ3v) is 6.43. The Bertz CT molecular complexity index is 411. The van der Waals surface area contributed by atoms with Crippen LogP contribution in [0.25, 0.3) is 0 Å². The molecule has 2 bridgehead atoms. The number of rotatable bonds is 6. The number of nitrogens with zero attached hydrogens (tertiary/aromatic N) is 1. The third-order valence-electron chi connectivity index (χ3n) is 5.02. The van der Waals surface area contributed by atoms with Gasteiger partial charge in [-0.25, -0.2) is 0 Å². The molecule has 1 aliphatic heterocycles. The van der Waals surface area contributed by atoms with Crippen LogP contribution in [-0.2, 0) is 0 Å². The first-order valence-corrected chi connectivity index (χ1v) is 8.72. The number of fused-ring (bicyclic) bond motifs is 2. The molecule has 0 spiro atoms. The van der Waals surface area contributed by atoms with Crippen LogP contribution in [0.5, 0.6) is 0 Å². The average Bonchev–Trinajstić information content (AvgIpc) is 3.05. The molecule has 112 valence electrons. The lowest BCUT2D eigenvalue weighted by Gasteiger charge is -2.29. The largest absolute Gasteiger partial charge is 0.396 e. The molecule has 0 radical (unpaired) electrons. The second kappa shape index (κ2) is 5.82. The molecule has 2 fully saturated rings. The number of hydrogen-bond acceptors (Lipinski definition) is 4. The van der Waals surface area contributed by atoms with Crippen LogP contribution in [0.3, 0.4) is 0 Å². The maximum atomic E-state index is 9.34. The smallest absolute Gasteiger partial charge is 0.147 e. The van der Waals surface area contributed by atoms with Gasteiger partial charge in [-0.05, 0) is 50.9 Å². The van der Waals surface area contributed by atoms with Crippen molar-refractivity contribution < 1.29 is 5.11 Å². The highest BCUT2D eigenvalue weighted by molar-refractivity contribution is 8.02. The van der Waals surface area contributed by atoms with Crippen LogP contribution in [0.2, 0.25) is 0 Å². The summed E-state index contributed by atoms with van der Waals surface area (Å²) in [4.78, 5) is 4.68. The van der Waals surface area contributed by atoms with E-state index in [2.05, 4.69) is 30.0 Å². The van der Waals surface area contributed by atoms with E-state index in [1.807, 2.05) is 11.8 Å². The van der Waals surface area contributed by atoms with Crippen LogP contribution in [0, 0.1) is 11.8 Å². The van der Waals surface area contributed by atoms with Gasteiger partial charge in [0.25, 0.3) is 0 Å². The van der Waals surface area contributed by atoms with Gasteiger partial charge in [-0.2, -0.15) is 0 Å². The fraction of sp³-hybridized carbons (Fsp3) is 0.812. The summed E-state index contributed by atoms with van der Waals surface area (Å²) < 4.78 is -0.0458. The molecule has 4 heteroatoms. The van der Waals surface area contributed by atoms with Gasteiger partial charge in [-0.3, -0.25) is 10.3 Å². The van der Waals surface area contributed by atoms with Crippen molar-refractivity contribution in [1.29, 1.82) is 0 Å². The van der Waals surface area contributed by atoms with E-state index in [9.17, 15) is 5.11 Å². The lowest BCUT2D eigenvalue weighted by Crippen LogP contribution is -2.39. The number of aliphatic hydroxyl groups excluding tert-OH is 1. The Morgan fingerprint density at radius 2 is 2.35 bits per heavy atom. The molecular formula is C16H26N2OS. The molecular weight excluding hydrogens is 268 g/mol. The summed E-state index contributed by atoms with van der Waals surface area (Å²) in [7, 11) is 0. The highest BCUT2D eigenvalue weighted by atomic mass is 32.2. The van der Waals surface area contributed by atoms with Crippen molar-refractivity contribution in [1.82, 2.24) is 5.32 Å². The van der Waals surface area contributed by atoms with E-state index >= 15 is 0 Å². The van der Waals surface area contributed by atoms with Gasteiger partial charge in [0.1, 0.15) is 5.50 Å². The Balaban J connectivity index is 1.58. The van der Waals surface area contributed by atoms with Crippen molar-refractivity contribution in [3.63, 3.8) is 0 Å². The van der Waals surface area contributed by atoms with Gasteiger partial charge in [0.15, 0.2) is 0 Å². The normalized spacial score (nSPS) is 42.5. The van der Waals surface area contributed by atoms with Gasteiger partial charge in [0, 0.05) is 18.9 Å². The molecule has 2 saturated carbocycles. The van der Waals surface area contributed by atoms with E-state index < -0.39 is 0 Å². The van der Waals surface area contributed by atoms with Crippen molar-refractivity contribution in [2.75, 3.05) is 6.61 Å². The van der Waals surface area contributed by atoms with E-state index in [0.717, 1.165) is 30.3 Å². The molecule has 0 aromatic rings. The Kier molecular flexibility index (Phi) is 4.25. The van der Waals surface area contributed by atoms with Crippen LogP contribution in [0.1, 0.15) is 45.4 Å². The summed E-state index contributed by atoms with van der Waals surface area (Å²) >= 11 is 1.87. The zero-order valence-corrected chi connectivity index (χ0v) is 13.2. The molecule has 3 nitrogen and oxygen atoms in total. The van der Waals surface area contributed by atoms with Crippen molar-refractivity contribution in [3.05, 3.63) is 12.2 Å². The van der Waals surface area contributed by atoms with Gasteiger partial charge in [0.05, 0.1) is 4.75 Å². The molecule has 2 aliphatic carbocycles. The van der Waals surface area contributed by atoms with Gasteiger partial charge in [0.2, 0.25) is 0 Å². The first-order chi connectivity index (χ1) is 9.60. The summed E-state index contributed by atoms with van der Waals surface area (Å²) in [5, 5.41) is 13.1. The fourth-order valence-electron chi connectivity index (χ4n) is 4.19. The quantitative estimate of drug-likeness (QED) is 0.740. The van der Waals surface area contributed by atoms with Crippen LogP contribution in [0.15, 0.2) is 17.1 Å². The number of allylic oxidation sites excluding steroid dienone is 1. The number of thioether (sulfide) groups is 1. The Labute approximate surface area is 126 Å². The van der Waals surface area contributed by atoms with E-state index in [1.54, 1.807) is 0 Å². The zero-order valence-electron chi connectivity index (χ0n) is 12.3. The summed E-state index contributed by atoms with van der Waals surface area (Å²) in [6.45, 7) is 6.30. The van der Waals surface area contributed by atoms with Crippen molar-refractivity contribution in [2.45, 2.75) is 61.7 Å². The molecule has 3 rings (SSSR count).